The number of carbonyl (C=O) groups is 1. The number of carbonyl (C=O) groups excluding carboxylic acids is 1. The topological polar surface area (TPSA) is 70.8 Å². The molecule has 1 unspecified atom stereocenters. The summed E-state index contributed by atoms with van der Waals surface area (Å²) in [6.07, 6.45) is 3.45. The summed E-state index contributed by atoms with van der Waals surface area (Å²) in [6, 6.07) is 3.41. The van der Waals surface area contributed by atoms with Gasteiger partial charge in [0.05, 0.1) is 26.0 Å². The molecular formula is C17H22N4O3S. The van der Waals surface area contributed by atoms with Crippen molar-refractivity contribution in [2.45, 2.75) is 24.7 Å². The molecule has 0 radical (unpaired) electrons. The predicted octanol–water partition coefficient (Wildman–Crippen LogP) is 0.937. The Labute approximate surface area is 150 Å². The maximum atomic E-state index is 12.4. The summed E-state index contributed by atoms with van der Waals surface area (Å²) in [4.78, 5) is 21.2. The number of likely N-dealkylation sites (tertiary alicyclic amines) is 1. The van der Waals surface area contributed by atoms with Crippen molar-refractivity contribution in [2.75, 3.05) is 33.3 Å². The first-order valence-corrected chi connectivity index (χ1v) is 9.27. The zero-order valence-electron chi connectivity index (χ0n) is 14.2. The second kappa shape index (κ2) is 6.87. The van der Waals surface area contributed by atoms with E-state index in [1.54, 1.807) is 17.6 Å². The van der Waals surface area contributed by atoms with Gasteiger partial charge in [-0.1, -0.05) is 0 Å². The van der Waals surface area contributed by atoms with Crippen LogP contribution >= 0.6 is 11.3 Å². The molecule has 2 saturated heterocycles. The molecule has 4 heterocycles. The van der Waals surface area contributed by atoms with Gasteiger partial charge in [-0.2, -0.15) is 0 Å². The Morgan fingerprint density at radius 2 is 2.36 bits per heavy atom. The van der Waals surface area contributed by atoms with Crippen molar-refractivity contribution < 1.29 is 13.9 Å². The standard InChI is InChI=1S/C17H22N4O3S/c1-20-10-17(11-21(12-17)8-15-18-4-6-25-15)24-9-14(20)16(22)19-7-13-3-2-5-23-13/h2-6,14H,7-12H2,1H3,(H,19,22). The van der Waals surface area contributed by atoms with Gasteiger partial charge in [0.2, 0.25) is 5.91 Å². The van der Waals surface area contributed by atoms with Gasteiger partial charge in [0.15, 0.2) is 0 Å². The first kappa shape index (κ1) is 16.7. The van der Waals surface area contributed by atoms with E-state index in [0.29, 0.717) is 13.2 Å². The summed E-state index contributed by atoms with van der Waals surface area (Å²) >= 11 is 1.68. The molecule has 2 aliphatic heterocycles. The molecule has 0 aliphatic carbocycles. The summed E-state index contributed by atoms with van der Waals surface area (Å²) in [5.41, 5.74) is -0.149. The number of morpholine rings is 1. The molecule has 2 aromatic rings. The molecule has 25 heavy (non-hydrogen) atoms. The van der Waals surface area contributed by atoms with Crippen LogP contribution in [0.4, 0.5) is 0 Å². The number of thiazole rings is 1. The molecule has 2 aliphatic rings. The van der Waals surface area contributed by atoms with Gasteiger partial charge in [-0.05, 0) is 19.2 Å². The maximum absolute atomic E-state index is 12.4. The van der Waals surface area contributed by atoms with E-state index in [0.717, 1.165) is 36.9 Å². The molecule has 1 spiro atoms. The van der Waals surface area contributed by atoms with Crippen molar-refractivity contribution in [2.24, 2.45) is 0 Å². The van der Waals surface area contributed by atoms with Crippen LogP contribution in [0, 0.1) is 0 Å². The van der Waals surface area contributed by atoms with E-state index in [1.807, 2.05) is 30.8 Å². The number of amides is 1. The molecule has 134 valence electrons. The first-order valence-electron chi connectivity index (χ1n) is 8.39. The Kier molecular flexibility index (Phi) is 4.60. The van der Waals surface area contributed by atoms with E-state index in [1.165, 1.54) is 0 Å². The molecule has 0 bridgehead atoms. The van der Waals surface area contributed by atoms with Crippen LogP contribution in [0.2, 0.25) is 0 Å². The Balaban J connectivity index is 1.25. The number of rotatable bonds is 5. The van der Waals surface area contributed by atoms with Crippen LogP contribution in [-0.4, -0.2) is 65.6 Å². The number of nitrogens with zero attached hydrogens (tertiary/aromatic N) is 3. The van der Waals surface area contributed by atoms with E-state index in [9.17, 15) is 4.79 Å². The molecule has 1 atom stereocenters. The van der Waals surface area contributed by atoms with Crippen molar-refractivity contribution in [3.8, 4) is 0 Å². The lowest BCUT2D eigenvalue weighted by atomic mass is 9.90. The average Bonchev–Trinajstić information content (AvgIpc) is 3.25. The Hall–Kier alpha value is -1.74. The third kappa shape index (κ3) is 3.62. The van der Waals surface area contributed by atoms with Crippen molar-refractivity contribution in [3.05, 3.63) is 40.7 Å². The summed E-state index contributed by atoms with van der Waals surface area (Å²) in [7, 11) is 1.99. The second-order valence-electron chi connectivity index (χ2n) is 6.79. The fourth-order valence-corrected chi connectivity index (χ4v) is 4.23. The number of hydrogen-bond acceptors (Lipinski definition) is 7. The number of nitrogens with one attached hydrogen (secondary N) is 1. The molecule has 0 saturated carbocycles. The second-order valence-corrected chi connectivity index (χ2v) is 7.77. The molecule has 7 nitrogen and oxygen atoms in total. The third-order valence-electron chi connectivity index (χ3n) is 4.80. The lowest BCUT2D eigenvalue weighted by molar-refractivity contribution is -0.198. The first-order chi connectivity index (χ1) is 12.1. The molecule has 4 rings (SSSR count). The van der Waals surface area contributed by atoms with Gasteiger partial charge >= 0.3 is 0 Å². The Bertz CT molecular complexity index is 698. The Morgan fingerprint density at radius 3 is 3.04 bits per heavy atom. The number of aromatic nitrogens is 1. The average molecular weight is 362 g/mol. The van der Waals surface area contributed by atoms with Crippen molar-refractivity contribution in [3.63, 3.8) is 0 Å². The smallest absolute Gasteiger partial charge is 0.240 e. The maximum Gasteiger partial charge on any atom is 0.240 e. The summed E-state index contributed by atoms with van der Waals surface area (Å²) in [5, 5.41) is 6.05. The zero-order chi connectivity index (χ0) is 17.3. The van der Waals surface area contributed by atoms with Gasteiger partial charge in [-0.25, -0.2) is 4.98 Å². The quantitative estimate of drug-likeness (QED) is 0.854. The number of likely N-dealkylation sites (N-methyl/N-ethyl adjacent to an activating group) is 1. The normalized spacial score (nSPS) is 23.5. The molecule has 2 fully saturated rings. The van der Waals surface area contributed by atoms with Crippen molar-refractivity contribution in [1.29, 1.82) is 0 Å². The van der Waals surface area contributed by atoms with Crippen LogP contribution < -0.4 is 5.32 Å². The number of furan rings is 1. The largest absolute Gasteiger partial charge is 0.467 e. The predicted molar refractivity (Wildman–Crippen MR) is 93.0 cm³/mol. The SMILES string of the molecule is CN1CC2(CN(Cc3nccs3)C2)OCC1C(=O)NCc1ccco1. The van der Waals surface area contributed by atoms with Gasteiger partial charge in [-0.3, -0.25) is 14.6 Å². The van der Waals surface area contributed by atoms with Crippen LogP contribution in [0.15, 0.2) is 34.4 Å². The highest BCUT2D eigenvalue weighted by Crippen LogP contribution is 2.31. The highest BCUT2D eigenvalue weighted by Gasteiger charge is 2.49. The fraction of sp³-hybridized carbons (Fsp3) is 0.529. The highest BCUT2D eigenvalue weighted by molar-refractivity contribution is 7.09. The van der Waals surface area contributed by atoms with E-state index >= 15 is 0 Å². The van der Waals surface area contributed by atoms with E-state index in [4.69, 9.17) is 9.15 Å². The third-order valence-corrected chi connectivity index (χ3v) is 5.57. The number of ether oxygens (including phenoxy) is 1. The summed E-state index contributed by atoms with van der Waals surface area (Å²) < 4.78 is 11.4. The van der Waals surface area contributed by atoms with Crippen LogP contribution in [-0.2, 0) is 22.6 Å². The van der Waals surface area contributed by atoms with Crippen LogP contribution in [0.25, 0.3) is 0 Å². The van der Waals surface area contributed by atoms with Crippen LogP contribution in [0.1, 0.15) is 10.8 Å². The van der Waals surface area contributed by atoms with Crippen LogP contribution in [0.5, 0.6) is 0 Å². The minimum atomic E-state index is -0.256. The highest BCUT2D eigenvalue weighted by atomic mass is 32.1. The van der Waals surface area contributed by atoms with E-state index < -0.39 is 0 Å². The Morgan fingerprint density at radius 1 is 1.48 bits per heavy atom. The number of hydrogen-bond donors (Lipinski definition) is 1. The monoisotopic (exact) mass is 362 g/mol. The lowest BCUT2D eigenvalue weighted by Crippen LogP contribution is -2.72. The fourth-order valence-electron chi connectivity index (χ4n) is 3.57. The molecule has 2 aromatic heterocycles. The minimum absolute atomic E-state index is 0.0206. The van der Waals surface area contributed by atoms with E-state index in [2.05, 4.69) is 20.1 Å². The minimum Gasteiger partial charge on any atom is -0.467 e. The zero-order valence-corrected chi connectivity index (χ0v) is 15.0. The molecular weight excluding hydrogens is 340 g/mol. The van der Waals surface area contributed by atoms with Gasteiger partial charge < -0.3 is 14.5 Å². The molecule has 1 amide bonds. The lowest BCUT2D eigenvalue weighted by Gasteiger charge is -2.54. The van der Waals surface area contributed by atoms with Gasteiger partial charge in [-0.15, -0.1) is 11.3 Å². The van der Waals surface area contributed by atoms with E-state index in [-0.39, 0.29) is 17.6 Å². The van der Waals surface area contributed by atoms with Gasteiger partial charge in [0.1, 0.15) is 22.4 Å². The van der Waals surface area contributed by atoms with Crippen LogP contribution in [0.3, 0.4) is 0 Å². The summed E-state index contributed by atoms with van der Waals surface area (Å²) in [5.74, 6) is 0.730. The summed E-state index contributed by atoms with van der Waals surface area (Å²) in [6.45, 7) is 4.24. The van der Waals surface area contributed by atoms with Crippen molar-refractivity contribution >= 4 is 17.2 Å². The molecule has 1 N–H and O–H groups in total. The molecule has 0 aromatic carbocycles. The van der Waals surface area contributed by atoms with Crippen molar-refractivity contribution in [1.82, 2.24) is 20.1 Å². The van der Waals surface area contributed by atoms with Gasteiger partial charge in [0.25, 0.3) is 0 Å². The molecule has 8 heteroatoms. The van der Waals surface area contributed by atoms with Gasteiger partial charge in [0, 0.05) is 31.2 Å².